The number of thiazole rings is 1. The van der Waals surface area contributed by atoms with Gasteiger partial charge >= 0.3 is 0 Å². The first-order valence-electron chi connectivity index (χ1n) is 6.91. The molecule has 3 N–H and O–H groups in total. The minimum atomic E-state index is -0.991. The van der Waals surface area contributed by atoms with Gasteiger partial charge in [-0.1, -0.05) is 25.2 Å². The molecule has 2 rings (SSSR count). The Kier molecular flexibility index (Phi) is 5.72. The molecule has 6 nitrogen and oxygen atoms in total. The van der Waals surface area contributed by atoms with Gasteiger partial charge in [-0.05, 0) is 6.92 Å². The van der Waals surface area contributed by atoms with Crippen LogP contribution in [-0.4, -0.2) is 34.9 Å². The van der Waals surface area contributed by atoms with Gasteiger partial charge in [0.1, 0.15) is 5.54 Å². The van der Waals surface area contributed by atoms with Crippen molar-refractivity contribution in [3.8, 4) is 0 Å². The van der Waals surface area contributed by atoms with Crippen molar-refractivity contribution in [1.82, 2.24) is 4.98 Å². The maximum Gasteiger partial charge on any atom is 0.246 e. The standard InChI is InChI=1S/C14H21N3O3S.ClH/c1-5-20-10-6-14(15,13(10,3)4)11(19)17-12-16-7-9(21-12)8(2)18;/h7,10H,5-6,15H2,1-4H3,(H,16,17,19);1H. The largest absolute Gasteiger partial charge is 0.378 e. The third kappa shape index (κ3) is 3.03. The number of nitrogens with zero attached hydrogens (tertiary/aromatic N) is 1. The van der Waals surface area contributed by atoms with Crippen LogP contribution in [0, 0.1) is 5.41 Å². The molecule has 1 aromatic rings. The fourth-order valence-electron chi connectivity index (χ4n) is 2.52. The topological polar surface area (TPSA) is 94.3 Å². The number of nitrogens with one attached hydrogen (secondary N) is 1. The van der Waals surface area contributed by atoms with Crippen LogP contribution in [-0.2, 0) is 9.53 Å². The average Bonchev–Trinajstić information content (AvgIpc) is 2.86. The fourth-order valence-corrected chi connectivity index (χ4v) is 3.23. The Morgan fingerprint density at radius 2 is 2.18 bits per heavy atom. The third-order valence-electron chi connectivity index (χ3n) is 4.31. The van der Waals surface area contributed by atoms with Crippen LogP contribution >= 0.6 is 23.7 Å². The number of ketones is 1. The van der Waals surface area contributed by atoms with Crippen LogP contribution in [0.4, 0.5) is 5.13 Å². The summed E-state index contributed by atoms with van der Waals surface area (Å²) in [5.41, 5.74) is 4.84. The van der Waals surface area contributed by atoms with Crippen LogP contribution in [0.2, 0.25) is 0 Å². The zero-order chi connectivity index (χ0) is 15.8. The molecule has 22 heavy (non-hydrogen) atoms. The lowest BCUT2D eigenvalue weighted by molar-refractivity contribution is -0.166. The van der Waals surface area contributed by atoms with Gasteiger partial charge in [0.05, 0.1) is 17.2 Å². The molecule has 1 fully saturated rings. The molecule has 1 saturated carbocycles. The molecule has 1 aliphatic rings. The molecule has 0 radical (unpaired) electrons. The number of hydrogen-bond donors (Lipinski definition) is 2. The highest BCUT2D eigenvalue weighted by atomic mass is 35.5. The first-order chi connectivity index (χ1) is 9.72. The van der Waals surface area contributed by atoms with Crippen molar-refractivity contribution in [3.63, 3.8) is 0 Å². The van der Waals surface area contributed by atoms with E-state index >= 15 is 0 Å². The summed E-state index contributed by atoms with van der Waals surface area (Å²) in [6.07, 6.45) is 1.91. The van der Waals surface area contributed by atoms with Crippen LogP contribution in [0.5, 0.6) is 0 Å². The molecule has 1 amide bonds. The number of nitrogens with two attached hydrogens (primary N) is 1. The molecule has 0 aromatic carbocycles. The minimum absolute atomic E-state index is 0. The third-order valence-corrected chi connectivity index (χ3v) is 5.32. The van der Waals surface area contributed by atoms with Gasteiger partial charge in [-0.2, -0.15) is 0 Å². The van der Waals surface area contributed by atoms with Crippen LogP contribution in [0.15, 0.2) is 6.20 Å². The number of hydrogen-bond acceptors (Lipinski definition) is 6. The smallest absolute Gasteiger partial charge is 0.246 e. The molecule has 0 spiro atoms. The Hall–Kier alpha value is -1.02. The summed E-state index contributed by atoms with van der Waals surface area (Å²) in [6.45, 7) is 7.84. The highest BCUT2D eigenvalue weighted by molar-refractivity contribution is 7.17. The molecule has 0 aliphatic heterocycles. The van der Waals surface area contributed by atoms with E-state index in [0.717, 1.165) is 11.3 Å². The van der Waals surface area contributed by atoms with Gasteiger partial charge in [-0.15, -0.1) is 12.4 Å². The molecule has 0 bridgehead atoms. The Labute approximate surface area is 140 Å². The number of carbonyl (C=O) groups is 2. The lowest BCUT2D eigenvalue weighted by Gasteiger charge is -2.57. The van der Waals surface area contributed by atoms with E-state index in [2.05, 4.69) is 10.3 Å². The van der Waals surface area contributed by atoms with E-state index in [4.69, 9.17) is 10.5 Å². The summed E-state index contributed by atoms with van der Waals surface area (Å²) in [5.74, 6) is -0.358. The summed E-state index contributed by atoms with van der Waals surface area (Å²) < 4.78 is 5.61. The number of amides is 1. The Balaban J connectivity index is 0.00000242. The molecule has 1 aromatic heterocycles. The van der Waals surface area contributed by atoms with Crippen molar-refractivity contribution < 1.29 is 14.3 Å². The van der Waals surface area contributed by atoms with E-state index in [9.17, 15) is 9.59 Å². The second kappa shape index (κ2) is 6.62. The number of aromatic nitrogens is 1. The van der Waals surface area contributed by atoms with Crippen LogP contribution < -0.4 is 11.1 Å². The van der Waals surface area contributed by atoms with E-state index in [1.54, 1.807) is 0 Å². The SMILES string of the molecule is CCOC1CC(N)(C(=O)Nc2ncc(C(C)=O)s2)C1(C)C.Cl. The number of carbonyl (C=O) groups excluding carboxylic acids is 2. The summed E-state index contributed by atoms with van der Waals surface area (Å²) >= 11 is 1.15. The Bertz CT molecular complexity index is 575. The molecule has 124 valence electrons. The highest BCUT2D eigenvalue weighted by Crippen LogP contribution is 2.50. The van der Waals surface area contributed by atoms with Gasteiger partial charge in [0.25, 0.3) is 0 Å². The van der Waals surface area contributed by atoms with Crippen molar-refractivity contribution in [2.75, 3.05) is 11.9 Å². The van der Waals surface area contributed by atoms with E-state index < -0.39 is 11.0 Å². The van der Waals surface area contributed by atoms with Gasteiger partial charge in [0, 0.05) is 25.4 Å². The van der Waals surface area contributed by atoms with Gasteiger partial charge in [-0.3, -0.25) is 9.59 Å². The molecular weight excluding hydrogens is 326 g/mol. The molecule has 8 heteroatoms. The normalized spacial score (nSPS) is 25.8. The van der Waals surface area contributed by atoms with Crippen LogP contribution in [0.3, 0.4) is 0 Å². The molecule has 1 heterocycles. The van der Waals surface area contributed by atoms with Crippen molar-refractivity contribution in [2.24, 2.45) is 11.1 Å². The van der Waals surface area contributed by atoms with E-state index in [1.165, 1.54) is 13.1 Å². The zero-order valence-electron chi connectivity index (χ0n) is 13.1. The Morgan fingerprint density at radius 1 is 1.55 bits per heavy atom. The van der Waals surface area contributed by atoms with Gasteiger partial charge in [-0.25, -0.2) is 4.98 Å². The second-order valence-electron chi connectivity index (χ2n) is 5.88. The molecule has 2 unspecified atom stereocenters. The quantitative estimate of drug-likeness (QED) is 0.796. The van der Waals surface area contributed by atoms with Crippen molar-refractivity contribution in [3.05, 3.63) is 11.1 Å². The maximum absolute atomic E-state index is 12.5. The van der Waals surface area contributed by atoms with Gasteiger partial charge < -0.3 is 15.8 Å². The average molecular weight is 348 g/mol. The monoisotopic (exact) mass is 347 g/mol. The second-order valence-corrected chi connectivity index (χ2v) is 6.91. The highest BCUT2D eigenvalue weighted by Gasteiger charge is 2.62. The summed E-state index contributed by atoms with van der Waals surface area (Å²) in [5, 5.41) is 3.11. The van der Waals surface area contributed by atoms with Crippen LogP contribution in [0.1, 0.15) is 43.8 Å². The summed E-state index contributed by atoms with van der Waals surface area (Å²) in [6, 6.07) is 0. The predicted molar refractivity (Wildman–Crippen MR) is 88.7 cm³/mol. The number of rotatable bonds is 5. The first-order valence-corrected chi connectivity index (χ1v) is 7.72. The lowest BCUT2D eigenvalue weighted by atomic mass is 9.54. The molecular formula is C14H22ClN3O3S. The van der Waals surface area contributed by atoms with Gasteiger partial charge in [0.2, 0.25) is 5.91 Å². The van der Waals surface area contributed by atoms with E-state index in [-0.39, 0.29) is 30.2 Å². The maximum atomic E-state index is 12.5. The number of halogens is 1. The zero-order valence-corrected chi connectivity index (χ0v) is 14.8. The summed E-state index contributed by atoms with van der Waals surface area (Å²) in [7, 11) is 0. The molecule has 1 aliphatic carbocycles. The van der Waals surface area contributed by atoms with Crippen LogP contribution in [0.25, 0.3) is 0 Å². The lowest BCUT2D eigenvalue weighted by Crippen LogP contribution is -2.74. The van der Waals surface area contributed by atoms with Crippen molar-refractivity contribution >= 4 is 40.6 Å². The number of ether oxygens (including phenoxy) is 1. The first kappa shape index (κ1) is 19.0. The Morgan fingerprint density at radius 3 is 2.64 bits per heavy atom. The number of anilines is 1. The summed E-state index contributed by atoms with van der Waals surface area (Å²) in [4.78, 5) is 28.2. The molecule has 0 saturated heterocycles. The predicted octanol–water partition coefficient (Wildman–Crippen LogP) is 2.24. The van der Waals surface area contributed by atoms with E-state index in [1.807, 2.05) is 20.8 Å². The van der Waals surface area contributed by atoms with E-state index in [0.29, 0.717) is 23.0 Å². The van der Waals surface area contributed by atoms with Crippen molar-refractivity contribution in [2.45, 2.75) is 45.8 Å². The fraction of sp³-hybridized carbons (Fsp3) is 0.643. The number of Topliss-reactive ketones (excluding diaryl/α,β-unsaturated/α-hetero) is 1. The van der Waals surface area contributed by atoms with Crippen molar-refractivity contribution in [1.29, 1.82) is 0 Å². The molecule has 2 atom stereocenters. The minimum Gasteiger partial charge on any atom is -0.378 e. The van der Waals surface area contributed by atoms with Gasteiger partial charge in [0.15, 0.2) is 10.9 Å².